The van der Waals surface area contributed by atoms with E-state index in [1.165, 1.54) is 44.9 Å². The molecule has 0 aliphatic heterocycles. The minimum atomic E-state index is -4.59. The molecule has 12 heteroatoms. The van der Waals surface area contributed by atoms with Crippen LogP contribution < -0.4 is 59.1 Å². The van der Waals surface area contributed by atoms with E-state index >= 15 is 0 Å². The Hall–Kier alpha value is 1.29. The second kappa shape index (κ2) is 21.8. The first kappa shape index (κ1) is 36.9. The van der Waals surface area contributed by atoms with Gasteiger partial charge >= 0.3 is 65.1 Å². The minimum Gasteiger partial charge on any atom is -1.00 e. The van der Waals surface area contributed by atoms with Crippen molar-refractivity contribution in [2.75, 3.05) is 12.4 Å². The molecular formula is C19H40Na2O8S2. The van der Waals surface area contributed by atoms with Gasteiger partial charge in [-0.15, -0.1) is 0 Å². The molecule has 0 aromatic carbocycles. The van der Waals surface area contributed by atoms with Crippen molar-refractivity contribution < 1.29 is 97.4 Å². The van der Waals surface area contributed by atoms with Gasteiger partial charge in [0.1, 0.15) is 0 Å². The van der Waals surface area contributed by atoms with E-state index in [0.29, 0.717) is 6.42 Å². The molecule has 178 valence electrons. The number of carbonyl (C=O) groups is 1. The van der Waals surface area contributed by atoms with E-state index in [-0.39, 0.29) is 81.4 Å². The van der Waals surface area contributed by atoms with Crippen LogP contribution in [-0.4, -0.2) is 49.5 Å². The maximum Gasteiger partial charge on any atom is 1.00 e. The van der Waals surface area contributed by atoms with Crippen molar-refractivity contribution in [2.24, 2.45) is 0 Å². The molecule has 1 unspecified atom stereocenters. The van der Waals surface area contributed by atoms with Gasteiger partial charge in [-0.1, -0.05) is 84.0 Å². The number of hydrogen-bond acceptors (Lipinski definition) is 6. The Bertz CT molecular complexity index is 650. The Morgan fingerprint density at radius 1 is 0.774 bits per heavy atom. The SMILES string of the molecule is CCCCCCCCCCCCCCC(C(=O)OCCCS(=O)(=O)O)S(=O)(=O)O.[H-].[H-].[Na+].[Na+]. The maximum absolute atomic E-state index is 11.9. The Morgan fingerprint density at radius 3 is 1.58 bits per heavy atom. The summed E-state index contributed by atoms with van der Waals surface area (Å²) in [6.45, 7) is 1.86. The summed E-state index contributed by atoms with van der Waals surface area (Å²) in [4.78, 5) is 11.9. The van der Waals surface area contributed by atoms with E-state index in [2.05, 4.69) is 6.92 Å². The first-order chi connectivity index (χ1) is 13.6. The summed E-state index contributed by atoms with van der Waals surface area (Å²) in [6.07, 6.45) is 13.1. The first-order valence-corrected chi connectivity index (χ1v) is 13.8. The van der Waals surface area contributed by atoms with Crippen molar-refractivity contribution in [1.82, 2.24) is 0 Å². The van der Waals surface area contributed by atoms with E-state index in [4.69, 9.17) is 9.29 Å². The molecule has 0 aromatic rings. The molecule has 1 atom stereocenters. The molecule has 0 saturated carbocycles. The van der Waals surface area contributed by atoms with Crippen molar-refractivity contribution in [3.05, 3.63) is 0 Å². The van der Waals surface area contributed by atoms with Gasteiger partial charge in [0.15, 0.2) is 5.25 Å². The summed E-state index contributed by atoms with van der Waals surface area (Å²) in [5.74, 6) is -1.68. The molecule has 2 N–H and O–H groups in total. The zero-order valence-corrected chi connectivity index (χ0v) is 25.2. The molecule has 0 rings (SSSR count). The van der Waals surface area contributed by atoms with Crippen LogP contribution in [0.5, 0.6) is 0 Å². The van der Waals surface area contributed by atoms with Crippen LogP contribution in [0, 0.1) is 0 Å². The summed E-state index contributed by atoms with van der Waals surface area (Å²) in [5.41, 5.74) is 0. The Labute approximate surface area is 236 Å². The van der Waals surface area contributed by atoms with Crippen molar-refractivity contribution in [2.45, 2.75) is 102 Å². The van der Waals surface area contributed by atoms with Gasteiger partial charge in [-0.05, 0) is 12.8 Å². The smallest absolute Gasteiger partial charge is 1.00 e. The van der Waals surface area contributed by atoms with Gasteiger partial charge in [-0.2, -0.15) is 16.8 Å². The van der Waals surface area contributed by atoms with Crippen molar-refractivity contribution in [3.8, 4) is 0 Å². The molecule has 31 heavy (non-hydrogen) atoms. The number of unbranched alkanes of at least 4 members (excludes halogenated alkanes) is 11. The topological polar surface area (TPSA) is 135 Å². The average molecular weight is 507 g/mol. The standard InChI is InChI=1S/C19H38O8S2.2Na.2H/c1-2-3-4-5-6-7-8-9-10-11-12-13-15-18(29(24,25)26)19(20)27-16-14-17-28(21,22)23;;;;/h18H,2-17H2,1H3,(H,21,22,23)(H,24,25,26);;;;/q;2*+1;2*-1. The Balaban J connectivity index is -0.000000653. The first-order valence-electron chi connectivity index (χ1n) is 10.7. The van der Waals surface area contributed by atoms with Crippen LogP contribution in [-0.2, 0) is 29.8 Å². The maximum atomic E-state index is 11.9. The van der Waals surface area contributed by atoms with E-state index in [1.807, 2.05) is 0 Å². The van der Waals surface area contributed by atoms with E-state index in [9.17, 15) is 26.2 Å². The molecule has 0 radical (unpaired) electrons. The zero-order chi connectivity index (χ0) is 22.2. The Morgan fingerprint density at radius 2 is 1.19 bits per heavy atom. The van der Waals surface area contributed by atoms with Gasteiger partial charge in [-0.25, -0.2) is 0 Å². The van der Waals surface area contributed by atoms with Crippen molar-refractivity contribution >= 4 is 26.2 Å². The molecule has 0 aliphatic rings. The second-order valence-corrected chi connectivity index (χ2v) is 10.7. The van der Waals surface area contributed by atoms with Gasteiger partial charge in [0.2, 0.25) is 0 Å². The molecule has 0 fully saturated rings. The molecule has 0 saturated heterocycles. The van der Waals surface area contributed by atoms with Gasteiger partial charge < -0.3 is 7.59 Å². The number of hydrogen-bond donors (Lipinski definition) is 2. The number of esters is 1. The zero-order valence-electron chi connectivity index (χ0n) is 21.6. The fourth-order valence-electron chi connectivity index (χ4n) is 3.07. The summed E-state index contributed by atoms with van der Waals surface area (Å²) in [5, 5.41) is -1.66. The molecule has 0 spiro atoms. The number of carbonyl (C=O) groups excluding carboxylic acids is 1. The van der Waals surface area contributed by atoms with E-state index in [1.54, 1.807) is 0 Å². The van der Waals surface area contributed by atoms with Crippen LogP contribution in [0.3, 0.4) is 0 Å². The molecule has 0 heterocycles. The monoisotopic (exact) mass is 506 g/mol. The summed E-state index contributed by atoms with van der Waals surface area (Å²) >= 11 is 0. The van der Waals surface area contributed by atoms with Crippen molar-refractivity contribution in [1.29, 1.82) is 0 Å². The van der Waals surface area contributed by atoms with Crippen LogP contribution in [0.25, 0.3) is 0 Å². The minimum absolute atomic E-state index is 0. The van der Waals surface area contributed by atoms with Crippen LogP contribution >= 0.6 is 0 Å². The van der Waals surface area contributed by atoms with Gasteiger partial charge in [0.05, 0.1) is 12.4 Å². The molecular weight excluding hydrogens is 466 g/mol. The summed E-state index contributed by atoms with van der Waals surface area (Å²) in [7, 11) is -8.75. The molecule has 0 aromatic heterocycles. The van der Waals surface area contributed by atoms with Gasteiger partial charge in [-0.3, -0.25) is 13.9 Å². The summed E-state index contributed by atoms with van der Waals surface area (Å²) < 4.78 is 66.6. The summed E-state index contributed by atoms with van der Waals surface area (Å²) in [6, 6.07) is 0. The van der Waals surface area contributed by atoms with Crippen molar-refractivity contribution in [3.63, 3.8) is 0 Å². The third-order valence-electron chi connectivity index (χ3n) is 4.73. The molecule has 0 aliphatic carbocycles. The number of rotatable bonds is 19. The van der Waals surface area contributed by atoms with Crippen LogP contribution in [0.1, 0.15) is 99.7 Å². The predicted molar refractivity (Wildman–Crippen MR) is 115 cm³/mol. The Kier molecular flexibility index (Phi) is 25.9. The normalized spacial score (nSPS) is 12.5. The van der Waals surface area contributed by atoms with Crippen LogP contribution in [0.4, 0.5) is 0 Å². The van der Waals surface area contributed by atoms with Gasteiger partial charge in [0, 0.05) is 0 Å². The van der Waals surface area contributed by atoms with Gasteiger partial charge in [0.25, 0.3) is 20.2 Å². The third-order valence-corrected chi connectivity index (χ3v) is 6.69. The molecule has 0 amide bonds. The predicted octanol–water partition coefficient (Wildman–Crippen LogP) is -1.61. The molecule has 0 bridgehead atoms. The van der Waals surface area contributed by atoms with E-state index < -0.39 is 37.2 Å². The average Bonchev–Trinajstić information content (AvgIpc) is 2.60. The largest absolute Gasteiger partial charge is 1.00 e. The fraction of sp³-hybridized carbons (Fsp3) is 0.947. The second-order valence-electron chi connectivity index (χ2n) is 7.49. The van der Waals surface area contributed by atoms with Crippen LogP contribution in [0.15, 0.2) is 0 Å². The fourth-order valence-corrected chi connectivity index (χ4v) is 4.32. The van der Waals surface area contributed by atoms with E-state index in [0.717, 1.165) is 25.7 Å². The quantitative estimate of drug-likeness (QED) is 0.0925. The number of ether oxygens (including phenoxy) is 1. The third kappa shape index (κ3) is 24.2. The van der Waals surface area contributed by atoms with Crippen LogP contribution in [0.2, 0.25) is 0 Å². The molecule has 8 nitrogen and oxygen atoms in total.